The zero-order chi connectivity index (χ0) is 10.2. The van der Waals surface area contributed by atoms with E-state index >= 15 is 0 Å². The highest BCUT2D eigenvalue weighted by atomic mass is 16.5. The SMILES string of the molecule is CCCOCCC(=O)Nc1ccn[nH]1. The number of nitrogens with one attached hydrogen (secondary N) is 2. The van der Waals surface area contributed by atoms with Crippen LogP contribution in [-0.4, -0.2) is 29.3 Å². The van der Waals surface area contributed by atoms with Crippen molar-refractivity contribution in [2.75, 3.05) is 18.5 Å². The van der Waals surface area contributed by atoms with Crippen molar-refractivity contribution in [1.29, 1.82) is 0 Å². The molecular formula is C9H15N3O2. The maximum absolute atomic E-state index is 11.2. The summed E-state index contributed by atoms with van der Waals surface area (Å²) in [5.41, 5.74) is 0. The fourth-order valence-electron chi connectivity index (χ4n) is 0.949. The molecule has 78 valence electrons. The Morgan fingerprint density at radius 1 is 1.64 bits per heavy atom. The summed E-state index contributed by atoms with van der Waals surface area (Å²) in [5, 5.41) is 9.02. The van der Waals surface area contributed by atoms with E-state index in [1.54, 1.807) is 12.3 Å². The van der Waals surface area contributed by atoms with Crippen molar-refractivity contribution in [3.63, 3.8) is 0 Å². The Morgan fingerprint density at radius 2 is 2.50 bits per heavy atom. The molecule has 0 radical (unpaired) electrons. The van der Waals surface area contributed by atoms with E-state index < -0.39 is 0 Å². The second-order valence-electron chi connectivity index (χ2n) is 2.88. The van der Waals surface area contributed by atoms with Crippen LogP contribution in [0.1, 0.15) is 19.8 Å². The predicted molar refractivity (Wildman–Crippen MR) is 52.9 cm³/mol. The number of hydrogen-bond acceptors (Lipinski definition) is 3. The minimum absolute atomic E-state index is 0.0645. The van der Waals surface area contributed by atoms with Crippen molar-refractivity contribution in [3.8, 4) is 0 Å². The standard InChI is InChI=1S/C9H15N3O2/c1-2-6-14-7-4-9(13)11-8-3-5-10-12-8/h3,5H,2,4,6-7H2,1H3,(H2,10,11,12,13). The Hall–Kier alpha value is -1.36. The Labute approximate surface area is 82.8 Å². The van der Waals surface area contributed by atoms with Crippen LogP contribution in [0.15, 0.2) is 12.3 Å². The van der Waals surface area contributed by atoms with Gasteiger partial charge in [-0.25, -0.2) is 0 Å². The Kier molecular flexibility index (Phi) is 4.71. The lowest BCUT2D eigenvalue weighted by Crippen LogP contribution is -2.14. The van der Waals surface area contributed by atoms with Crippen LogP contribution < -0.4 is 5.32 Å². The number of amides is 1. The molecule has 5 nitrogen and oxygen atoms in total. The van der Waals surface area contributed by atoms with Crippen molar-refractivity contribution >= 4 is 11.7 Å². The van der Waals surface area contributed by atoms with Gasteiger partial charge in [-0.15, -0.1) is 0 Å². The van der Waals surface area contributed by atoms with Gasteiger partial charge in [0.15, 0.2) is 0 Å². The minimum Gasteiger partial charge on any atom is -0.381 e. The highest BCUT2D eigenvalue weighted by Gasteiger charge is 2.01. The summed E-state index contributed by atoms with van der Waals surface area (Å²) in [4.78, 5) is 11.2. The van der Waals surface area contributed by atoms with E-state index in [0.717, 1.165) is 6.42 Å². The smallest absolute Gasteiger partial charge is 0.227 e. The summed E-state index contributed by atoms with van der Waals surface area (Å²) in [5.74, 6) is 0.552. The monoisotopic (exact) mass is 197 g/mol. The van der Waals surface area contributed by atoms with Gasteiger partial charge in [0.05, 0.1) is 19.2 Å². The molecule has 1 amide bonds. The lowest BCUT2D eigenvalue weighted by atomic mass is 10.4. The number of carbonyl (C=O) groups is 1. The molecule has 0 saturated heterocycles. The fourth-order valence-corrected chi connectivity index (χ4v) is 0.949. The average molecular weight is 197 g/mol. The number of anilines is 1. The number of nitrogens with zero attached hydrogens (tertiary/aromatic N) is 1. The van der Waals surface area contributed by atoms with Gasteiger partial charge >= 0.3 is 0 Å². The van der Waals surface area contributed by atoms with Crippen LogP contribution >= 0.6 is 0 Å². The van der Waals surface area contributed by atoms with Crippen LogP contribution in [0.25, 0.3) is 0 Å². The van der Waals surface area contributed by atoms with Crippen LogP contribution in [0.5, 0.6) is 0 Å². The summed E-state index contributed by atoms with van der Waals surface area (Å²) in [6, 6.07) is 1.70. The first-order chi connectivity index (χ1) is 6.83. The molecule has 0 fully saturated rings. The lowest BCUT2D eigenvalue weighted by molar-refractivity contribution is -0.117. The highest BCUT2D eigenvalue weighted by molar-refractivity contribution is 5.89. The number of hydrogen-bond donors (Lipinski definition) is 2. The van der Waals surface area contributed by atoms with E-state index in [0.29, 0.717) is 25.5 Å². The zero-order valence-electron chi connectivity index (χ0n) is 8.25. The Bertz CT molecular complexity index is 259. The maximum atomic E-state index is 11.2. The van der Waals surface area contributed by atoms with Crippen molar-refractivity contribution in [2.45, 2.75) is 19.8 Å². The third-order valence-electron chi connectivity index (χ3n) is 1.60. The first kappa shape index (κ1) is 10.7. The highest BCUT2D eigenvalue weighted by Crippen LogP contribution is 1.99. The maximum Gasteiger partial charge on any atom is 0.227 e. The van der Waals surface area contributed by atoms with Crippen molar-refractivity contribution in [1.82, 2.24) is 10.2 Å². The topological polar surface area (TPSA) is 67.0 Å². The number of ether oxygens (including phenoxy) is 1. The number of aromatic nitrogens is 2. The molecule has 1 rings (SSSR count). The molecule has 14 heavy (non-hydrogen) atoms. The molecule has 0 bridgehead atoms. The molecule has 0 unspecified atom stereocenters. The molecular weight excluding hydrogens is 182 g/mol. The van der Waals surface area contributed by atoms with E-state index in [1.807, 2.05) is 6.92 Å². The molecule has 0 aliphatic heterocycles. The number of carbonyl (C=O) groups excluding carboxylic acids is 1. The molecule has 0 aromatic carbocycles. The second-order valence-corrected chi connectivity index (χ2v) is 2.88. The summed E-state index contributed by atoms with van der Waals surface area (Å²) >= 11 is 0. The normalized spacial score (nSPS) is 10.1. The van der Waals surface area contributed by atoms with Crippen LogP contribution in [-0.2, 0) is 9.53 Å². The third-order valence-corrected chi connectivity index (χ3v) is 1.60. The van der Waals surface area contributed by atoms with E-state index in [1.165, 1.54) is 0 Å². The van der Waals surface area contributed by atoms with E-state index in [-0.39, 0.29) is 5.91 Å². The molecule has 1 aromatic rings. The molecule has 0 aliphatic rings. The van der Waals surface area contributed by atoms with Gasteiger partial charge in [-0.3, -0.25) is 9.89 Å². The van der Waals surface area contributed by atoms with E-state index in [4.69, 9.17) is 4.74 Å². The van der Waals surface area contributed by atoms with Crippen LogP contribution in [0.3, 0.4) is 0 Å². The van der Waals surface area contributed by atoms with Crippen molar-refractivity contribution in [3.05, 3.63) is 12.3 Å². The number of rotatable bonds is 6. The van der Waals surface area contributed by atoms with Gasteiger partial charge in [0.2, 0.25) is 5.91 Å². The molecule has 5 heteroatoms. The van der Waals surface area contributed by atoms with Crippen LogP contribution in [0, 0.1) is 0 Å². The van der Waals surface area contributed by atoms with E-state index in [2.05, 4.69) is 15.5 Å². The quantitative estimate of drug-likeness (QED) is 0.672. The Morgan fingerprint density at radius 3 is 3.14 bits per heavy atom. The number of H-pyrrole nitrogens is 1. The van der Waals surface area contributed by atoms with Gasteiger partial charge in [0.25, 0.3) is 0 Å². The van der Waals surface area contributed by atoms with Gasteiger partial charge in [-0.05, 0) is 6.42 Å². The molecule has 0 spiro atoms. The summed E-state index contributed by atoms with van der Waals surface area (Å²) in [6.45, 7) is 3.20. The molecule has 1 aromatic heterocycles. The summed E-state index contributed by atoms with van der Waals surface area (Å²) in [6.07, 6.45) is 2.93. The van der Waals surface area contributed by atoms with Gasteiger partial charge in [-0.1, -0.05) is 6.92 Å². The lowest BCUT2D eigenvalue weighted by Gasteiger charge is -2.02. The molecule has 0 saturated carbocycles. The fraction of sp³-hybridized carbons (Fsp3) is 0.556. The largest absolute Gasteiger partial charge is 0.381 e. The van der Waals surface area contributed by atoms with E-state index in [9.17, 15) is 4.79 Å². The molecule has 0 aliphatic carbocycles. The van der Waals surface area contributed by atoms with Gasteiger partial charge < -0.3 is 10.1 Å². The van der Waals surface area contributed by atoms with Crippen molar-refractivity contribution in [2.24, 2.45) is 0 Å². The summed E-state index contributed by atoms with van der Waals surface area (Å²) in [7, 11) is 0. The summed E-state index contributed by atoms with van der Waals surface area (Å²) < 4.78 is 5.19. The average Bonchev–Trinajstić information content (AvgIpc) is 2.65. The first-order valence-corrected chi connectivity index (χ1v) is 4.70. The zero-order valence-corrected chi connectivity index (χ0v) is 8.25. The third kappa shape index (κ3) is 4.04. The van der Waals surface area contributed by atoms with Gasteiger partial charge in [0.1, 0.15) is 5.82 Å². The minimum atomic E-state index is -0.0645. The van der Waals surface area contributed by atoms with Crippen molar-refractivity contribution < 1.29 is 9.53 Å². The molecule has 2 N–H and O–H groups in total. The van der Waals surface area contributed by atoms with Gasteiger partial charge in [-0.2, -0.15) is 5.10 Å². The molecule has 0 atom stereocenters. The van der Waals surface area contributed by atoms with Gasteiger partial charge in [0, 0.05) is 12.7 Å². The van der Waals surface area contributed by atoms with Crippen LogP contribution in [0.2, 0.25) is 0 Å². The number of aromatic amines is 1. The Balaban J connectivity index is 2.11. The molecule has 1 heterocycles. The predicted octanol–water partition coefficient (Wildman–Crippen LogP) is 1.16. The van der Waals surface area contributed by atoms with Crippen LogP contribution in [0.4, 0.5) is 5.82 Å². The first-order valence-electron chi connectivity index (χ1n) is 4.70. The second kappa shape index (κ2) is 6.15.